The number of ketones is 1. The third-order valence-corrected chi connectivity index (χ3v) is 9.41. The summed E-state index contributed by atoms with van der Waals surface area (Å²) in [5.74, 6) is 3.45. The van der Waals surface area contributed by atoms with Gasteiger partial charge in [-0.1, -0.05) is 47.1 Å². The summed E-state index contributed by atoms with van der Waals surface area (Å²) in [7, 11) is -2.50. The van der Waals surface area contributed by atoms with Gasteiger partial charge in [0.15, 0.2) is 5.78 Å². The van der Waals surface area contributed by atoms with Crippen molar-refractivity contribution in [2.24, 2.45) is 0 Å². The van der Waals surface area contributed by atoms with Crippen LogP contribution in [-0.2, 0) is 15.9 Å². The number of carbonyl (C=O) groups excluding carboxylic acids is 1. The number of pyridine rings is 1. The molecule has 0 spiro atoms. The summed E-state index contributed by atoms with van der Waals surface area (Å²) in [6, 6.07) is 6.53. The van der Waals surface area contributed by atoms with Crippen molar-refractivity contribution in [3.8, 4) is 0 Å². The van der Waals surface area contributed by atoms with Crippen LogP contribution in [0.15, 0.2) is 56.1 Å². The number of hydrogen-bond donors (Lipinski definition) is 0. The normalized spacial score (nSPS) is 17.0. The third-order valence-electron chi connectivity index (χ3n) is 4.44. The van der Waals surface area contributed by atoms with Crippen LogP contribution in [0.4, 0.5) is 5.69 Å². The highest BCUT2D eigenvalue weighted by molar-refractivity contribution is 8.03. The Hall–Kier alpha value is -2.17. The molecule has 6 nitrogen and oxygen atoms in total. The summed E-state index contributed by atoms with van der Waals surface area (Å²) in [5.41, 5.74) is 1.28. The first-order valence-corrected chi connectivity index (χ1v) is 12.8. The molecule has 3 heterocycles. The maximum absolute atomic E-state index is 12.9. The predicted octanol–water partition coefficient (Wildman–Crippen LogP) is 5.99. The van der Waals surface area contributed by atoms with Gasteiger partial charge in [-0.25, -0.2) is 0 Å². The maximum atomic E-state index is 12.9. The van der Waals surface area contributed by atoms with Crippen molar-refractivity contribution in [3.63, 3.8) is 0 Å². The molecule has 1 unspecified atom stereocenters. The van der Waals surface area contributed by atoms with E-state index in [9.17, 15) is 19.1 Å². The number of thiophene rings is 1. The molecule has 0 bridgehead atoms. The van der Waals surface area contributed by atoms with E-state index in [1.807, 2.05) is 0 Å². The molecule has 158 valence electrons. The molecule has 3 aromatic rings. The highest BCUT2D eigenvalue weighted by Gasteiger charge is 2.25. The first kappa shape index (κ1) is 22.0. The largest absolute Gasteiger partial charge is 0.294 e. The first-order chi connectivity index (χ1) is 14.7. The monoisotopic (exact) mass is 510 g/mol. The number of hydrogen-bond acceptors (Lipinski definition) is 7. The van der Waals surface area contributed by atoms with Gasteiger partial charge in [-0.3, -0.25) is 24.1 Å². The molecular formula is C20H12Cl2N2O4S3. The van der Waals surface area contributed by atoms with Gasteiger partial charge in [0.25, 0.3) is 5.69 Å². The average Bonchev–Trinajstić information content (AvgIpc) is 3.26. The minimum absolute atomic E-state index is 0.0152. The minimum atomic E-state index is -2.50. The van der Waals surface area contributed by atoms with Gasteiger partial charge in [0.1, 0.15) is 4.21 Å². The fraction of sp³-hybridized carbons (Fsp3) is 0.0500. The maximum Gasteiger partial charge on any atom is 0.294 e. The van der Waals surface area contributed by atoms with Crippen LogP contribution in [0, 0.1) is 10.1 Å². The third kappa shape index (κ3) is 4.42. The zero-order chi connectivity index (χ0) is 22.3. The van der Waals surface area contributed by atoms with Gasteiger partial charge in [-0.2, -0.15) is 0 Å². The molecule has 1 aromatic carbocycles. The molecule has 1 atom stereocenters. The van der Waals surface area contributed by atoms with Crippen molar-refractivity contribution in [3.05, 3.63) is 78.2 Å². The fourth-order valence-electron chi connectivity index (χ4n) is 2.95. The molecule has 0 aliphatic carbocycles. The summed E-state index contributed by atoms with van der Waals surface area (Å²) < 4.78 is 12.8. The van der Waals surface area contributed by atoms with E-state index >= 15 is 0 Å². The number of nitrogens with zero attached hydrogens (tertiary/aromatic N) is 2. The highest BCUT2D eigenvalue weighted by atomic mass is 35.5. The number of fused-ring (bicyclic) bond motifs is 1. The van der Waals surface area contributed by atoms with E-state index in [1.54, 1.807) is 29.7 Å². The van der Waals surface area contributed by atoms with Gasteiger partial charge >= 0.3 is 0 Å². The number of halogens is 2. The Morgan fingerprint density at radius 1 is 1.26 bits per heavy atom. The number of benzene rings is 1. The second-order valence-electron chi connectivity index (χ2n) is 6.58. The van der Waals surface area contributed by atoms with Crippen molar-refractivity contribution in [2.45, 2.75) is 20.4 Å². The molecule has 1 aliphatic heterocycles. The quantitative estimate of drug-likeness (QED) is 0.175. The number of aromatic nitrogens is 1. The van der Waals surface area contributed by atoms with Gasteiger partial charge < -0.3 is 0 Å². The Kier molecular flexibility index (Phi) is 5.97. The lowest BCUT2D eigenvalue weighted by molar-refractivity contribution is -0.387. The lowest BCUT2D eigenvalue weighted by Crippen LogP contribution is -2.03. The molecule has 4 rings (SSSR count). The van der Waals surface area contributed by atoms with E-state index in [0.29, 0.717) is 19.6 Å². The molecule has 11 heteroatoms. The van der Waals surface area contributed by atoms with E-state index in [-0.39, 0.29) is 32.8 Å². The van der Waals surface area contributed by atoms with Crippen LogP contribution in [0.3, 0.4) is 0 Å². The molecular weight excluding hydrogens is 499 g/mol. The van der Waals surface area contributed by atoms with Gasteiger partial charge in [-0.05, 0) is 34.5 Å². The van der Waals surface area contributed by atoms with E-state index in [1.165, 1.54) is 18.5 Å². The lowest BCUT2D eigenvalue weighted by Gasteiger charge is -2.06. The zero-order valence-corrected chi connectivity index (χ0v) is 19.5. The van der Waals surface area contributed by atoms with E-state index in [2.05, 4.69) is 10.9 Å². The number of carbonyl (C=O) groups is 1. The topological polar surface area (TPSA) is 90.2 Å². The average molecular weight is 511 g/mol. The van der Waals surface area contributed by atoms with Crippen LogP contribution < -0.4 is 0 Å². The van der Waals surface area contributed by atoms with Gasteiger partial charge in [-0.15, -0.1) is 11.3 Å². The van der Waals surface area contributed by atoms with Crippen LogP contribution in [0.25, 0.3) is 6.08 Å². The molecule has 0 N–H and O–H groups in total. The van der Waals surface area contributed by atoms with Gasteiger partial charge in [0.2, 0.25) is 0 Å². The standard InChI is InChI=1S/C20H12Cl2N2O4S3/c1-31(28)5-4-12-3-2-11(7-18(12)31)6-16(25)17-8-15(24(26)27)20(29-17)30-19-13(21)9-23-10-14(19)22/h2-5,7-10H,1,6H2. The Balaban J connectivity index is 1.63. The smallest absolute Gasteiger partial charge is 0.293 e. The van der Waals surface area contributed by atoms with Crippen molar-refractivity contribution >= 4 is 79.2 Å². The van der Waals surface area contributed by atoms with Crippen LogP contribution in [0.1, 0.15) is 20.8 Å². The number of Topliss-reactive ketones (excluding diaryl/α,β-unsaturated/α-hetero) is 1. The summed E-state index contributed by atoms with van der Waals surface area (Å²) in [5, 5.41) is 13.6. The van der Waals surface area contributed by atoms with E-state index in [4.69, 9.17) is 23.2 Å². The molecule has 0 saturated carbocycles. The van der Waals surface area contributed by atoms with Gasteiger partial charge in [0.05, 0.1) is 24.7 Å². The van der Waals surface area contributed by atoms with Crippen molar-refractivity contribution in [2.75, 3.05) is 0 Å². The Morgan fingerprint density at radius 3 is 2.65 bits per heavy atom. The number of rotatable bonds is 6. The first-order valence-electron chi connectivity index (χ1n) is 8.62. The zero-order valence-electron chi connectivity index (χ0n) is 15.5. The molecule has 0 amide bonds. The van der Waals surface area contributed by atoms with Crippen molar-refractivity contribution in [1.29, 1.82) is 0 Å². The Labute approximate surface area is 196 Å². The summed E-state index contributed by atoms with van der Waals surface area (Å²) in [4.78, 5) is 29.0. The molecule has 0 radical (unpaired) electrons. The summed E-state index contributed by atoms with van der Waals surface area (Å²) >= 11 is 14.3. The molecule has 0 fully saturated rings. The Morgan fingerprint density at radius 2 is 1.97 bits per heavy atom. The highest BCUT2D eigenvalue weighted by Crippen LogP contribution is 2.45. The van der Waals surface area contributed by atoms with E-state index < -0.39 is 14.4 Å². The minimum Gasteiger partial charge on any atom is -0.293 e. The molecule has 2 aromatic heterocycles. The SMILES string of the molecule is C=S1(=O)C=Cc2ccc(CC(=O)c3cc([N+](=O)[O-])c(Sc4c(Cl)cncc4Cl)s3)cc21. The number of nitro groups is 1. The molecule has 1 aliphatic rings. The van der Waals surface area contributed by atoms with Gasteiger partial charge in [0, 0.05) is 39.3 Å². The predicted molar refractivity (Wildman–Crippen MR) is 126 cm³/mol. The van der Waals surface area contributed by atoms with Crippen LogP contribution in [-0.4, -0.2) is 25.8 Å². The molecule has 31 heavy (non-hydrogen) atoms. The van der Waals surface area contributed by atoms with Crippen LogP contribution in [0.5, 0.6) is 0 Å². The van der Waals surface area contributed by atoms with Crippen molar-refractivity contribution < 1.29 is 13.9 Å². The van der Waals surface area contributed by atoms with E-state index in [0.717, 1.165) is 28.7 Å². The van der Waals surface area contributed by atoms with Crippen molar-refractivity contribution in [1.82, 2.24) is 4.98 Å². The summed E-state index contributed by atoms with van der Waals surface area (Å²) in [6.07, 6.45) is 4.55. The second-order valence-corrected chi connectivity index (χ2v) is 11.9. The lowest BCUT2D eigenvalue weighted by atomic mass is 10.1. The molecule has 0 saturated heterocycles. The van der Waals surface area contributed by atoms with Crippen LogP contribution in [0.2, 0.25) is 10.0 Å². The fourth-order valence-corrected chi connectivity index (χ4v) is 7.15. The summed E-state index contributed by atoms with van der Waals surface area (Å²) in [6.45, 7) is 0. The second kappa shape index (κ2) is 8.40. The van der Waals surface area contributed by atoms with Crippen LogP contribution >= 0.6 is 46.3 Å². The Bertz CT molecular complexity index is 1360.